The van der Waals surface area contributed by atoms with Gasteiger partial charge in [-0.2, -0.15) is 5.10 Å². The molecule has 0 aliphatic carbocycles. The molecule has 0 saturated heterocycles. The standard InChI is InChI=1S/C28H26Cl2N4O2/c1-18(2)26(32-27(35)20-9-13-23(30)14-10-20)28(36)33-31-15-21-17-34(25-6-4-3-5-24(21)25)16-19-7-11-22(29)12-8-19/h3-15,17-18,26H,16H2,1-2H3,(H,32,35)(H,33,36). The van der Waals surface area contributed by atoms with Crippen LogP contribution in [-0.4, -0.2) is 28.6 Å². The molecule has 4 aromatic rings. The van der Waals surface area contributed by atoms with Gasteiger partial charge in [-0.15, -0.1) is 0 Å². The number of hydrogen-bond donors (Lipinski definition) is 2. The zero-order chi connectivity index (χ0) is 25.7. The van der Waals surface area contributed by atoms with Crippen LogP contribution in [0.2, 0.25) is 10.0 Å². The number of amides is 2. The van der Waals surface area contributed by atoms with Gasteiger partial charge in [0.2, 0.25) is 0 Å². The molecule has 184 valence electrons. The molecule has 8 heteroatoms. The van der Waals surface area contributed by atoms with Gasteiger partial charge in [-0.25, -0.2) is 5.43 Å². The van der Waals surface area contributed by atoms with Crippen LogP contribution in [0.4, 0.5) is 0 Å². The molecule has 6 nitrogen and oxygen atoms in total. The molecule has 2 N–H and O–H groups in total. The number of fused-ring (bicyclic) bond motifs is 1. The monoisotopic (exact) mass is 520 g/mol. The van der Waals surface area contributed by atoms with Gasteiger partial charge >= 0.3 is 0 Å². The molecule has 4 rings (SSSR count). The second-order valence-corrected chi connectivity index (χ2v) is 9.67. The number of hydrazone groups is 1. The topological polar surface area (TPSA) is 75.5 Å². The van der Waals surface area contributed by atoms with Crippen LogP contribution in [0.15, 0.2) is 84.1 Å². The number of aromatic nitrogens is 1. The highest BCUT2D eigenvalue weighted by atomic mass is 35.5. The molecule has 3 aromatic carbocycles. The Morgan fingerprint density at radius 3 is 2.25 bits per heavy atom. The average molecular weight is 521 g/mol. The number of carbonyl (C=O) groups is 2. The number of para-hydroxylation sites is 1. The van der Waals surface area contributed by atoms with E-state index in [1.807, 2.05) is 68.6 Å². The first-order valence-electron chi connectivity index (χ1n) is 11.5. The fourth-order valence-electron chi connectivity index (χ4n) is 3.89. The maximum Gasteiger partial charge on any atom is 0.262 e. The first-order valence-corrected chi connectivity index (χ1v) is 12.3. The molecule has 0 spiro atoms. The van der Waals surface area contributed by atoms with E-state index < -0.39 is 11.9 Å². The molecule has 0 fully saturated rings. The molecule has 1 atom stereocenters. The first-order chi connectivity index (χ1) is 17.3. The molecule has 0 bridgehead atoms. The highest BCUT2D eigenvalue weighted by molar-refractivity contribution is 6.30. The quantitative estimate of drug-likeness (QED) is 0.224. The van der Waals surface area contributed by atoms with Crippen LogP contribution in [0.1, 0.15) is 35.3 Å². The molecule has 0 radical (unpaired) electrons. The largest absolute Gasteiger partial charge is 0.342 e. The van der Waals surface area contributed by atoms with Crippen LogP contribution in [0.5, 0.6) is 0 Å². The third kappa shape index (κ3) is 6.14. The summed E-state index contributed by atoms with van der Waals surface area (Å²) in [6.45, 7) is 4.39. The van der Waals surface area contributed by atoms with Crippen molar-refractivity contribution in [1.82, 2.24) is 15.3 Å². The summed E-state index contributed by atoms with van der Waals surface area (Å²) in [5.41, 5.74) is 6.04. The second-order valence-electron chi connectivity index (χ2n) is 8.79. The normalized spacial score (nSPS) is 12.2. The van der Waals surface area contributed by atoms with E-state index in [4.69, 9.17) is 23.2 Å². The van der Waals surface area contributed by atoms with Crippen LogP contribution in [0.25, 0.3) is 10.9 Å². The van der Waals surface area contributed by atoms with Crippen molar-refractivity contribution >= 4 is 52.1 Å². The minimum atomic E-state index is -0.753. The highest BCUT2D eigenvalue weighted by Crippen LogP contribution is 2.22. The van der Waals surface area contributed by atoms with Crippen LogP contribution < -0.4 is 10.7 Å². The van der Waals surface area contributed by atoms with Gasteiger partial charge in [0.15, 0.2) is 0 Å². The Morgan fingerprint density at radius 2 is 1.58 bits per heavy atom. The van der Waals surface area contributed by atoms with Gasteiger partial charge in [0.05, 0.1) is 6.21 Å². The molecular formula is C28H26Cl2N4O2. The molecular weight excluding hydrogens is 495 g/mol. The molecule has 2 amide bonds. The number of rotatable bonds is 8. The van der Waals surface area contributed by atoms with Crippen molar-refractivity contribution in [1.29, 1.82) is 0 Å². The lowest BCUT2D eigenvalue weighted by Gasteiger charge is -2.20. The van der Waals surface area contributed by atoms with Gasteiger partial charge < -0.3 is 9.88 Å². The van der Waals surface area contributed by atoms with Crippen LogP contribution in [0, 0.1) is 5.92 Å². The molecule has 0 saturated carbocycles. The summed E-state index contributed by atoms with van der Waals surface area (Å²) in [6.07, 6.45) is 3.62. The number of benzene rings is 3. The Bertz CT molecular complexity index is 1390. The van der Waals surface area contributed by atoms with Gasteiger partial charge in [0.25, 0.3) is 11.8 Å². The molecule has 0 aliphatic rings. The number of carbonyl (C=O) groups excluding carboxylic acids is 2. The van der Waals surface area contributed by atoms with Crippen LogP contribution >= 0.6 is 23.2 Å². The molecule has 1 heterocycles. The van der Waals surface area contributed by atoms with Gasteiger partial charge in [0, 0.05) is 44.8 Å². The van der Waals surface area contributed by atoms with Crippen molar-refractivity contribution in [3.63, 3.8) is 0 Å². The van der Waals surface area contributed by atoms with Gasteiger partial charge in [-0.3, -0.25) is 9.59 Å². The predicted molar refractivity (Wildman–Crippen MR) is 146 cm³/mol. The van der Waals surface area contributed by atoms with E-state index in [2.05, 4.69) is 20.4 Å². The van der Waals surface area contributed by atoms with Crippen molar-refractivity contribution in [2.75, 3.05) is 0 Å². The Labute approximate surface area is 219 Å². The van der Waals surface area contributed by atoms with E-state index in [-0.39, 0.29) is 11.8 Å². The maximum absolute atomic E-state index is 12.9. The summed E-state index contributed by atoms with van der Waals surface area (Å²) in [6, 6.07) is 21.5. The van der Waals surface area contributed by atoms with E-state index in [1.165, 1.54) is 0 Å². The predicted octanol–water partition coefficient (Wildman–Crippen LogP) is 5.90. The maximum atomic E-state index is 12.9. The van der Waals surface area contributed by atoms with Crippen LogP contribution in [-0.2, 0) is 11.3 Å². The smallest absolute Gasteiger partial charge is 0.262 e. The van der Waals surface area contributed by atoms with Crippen LogP contribution in [0.3, 0.4) is 0 Å². The molecule has 1 unspecified atom stereocenters. The zero-order valence-electron chi connectivity index (χ0n) is 19.9. The van der Waals surface area contributed by atoms with E-state index in [0.29, 0.717) is 22.2 Å². The van der Waals surface area contributed by atoms with E-state index in [9.17, 15) is 9.59 Å². The number of nitrogens with zero attached hydrogens (tertiary/aromatic N) is 2. The summed E-state index contributed by atoms with van der Waals surface area (Å²) in [4.78, 5) is 25.5. The lowest BCUT2D eigenvalue weighted by Crippen LogP contribution is -2.48. The lowest BCUT2D eigenvalue weighted by atomic mass is 10.0. The number of nitrogens with one attached hydrogen (secondary N) is 2. The average Bonchev–Trinajstić information content (AvgIpc) is 3.21. The Balaban J connectivity index is 1.47. The molecule has 1 aromatic heterocycles. The highest BCUT2D eigenvalue weighted by Gasteiger charge is 2.24. The van der Waals surface area contributed by atoms with E-state index in [1.54, 1.807) is 30.5 Å². The molecule has 36 heavy (non-hydrogen) atoms. The minimum absolute atomic E-state index is 0.141. The fourth-order valence-corrected chi connectivity index (χ4v) is 4.14. The van der Waals surface area contributed by atoms with Gasteiger partial charge in [-0.05, 0) is 53.9 Å². The summed E-state index contributed by atoms with van der Waals surface area (Å²) in [5.74, 6) is -0.888. The number of hydrogen-bond acceptors (Lipinski definition) is 3. The van der Waals surface area contributed by atoms with Crippen molar-refractivity contribution in [2.24, 2.45) is 11.0 Å². The van der Waals surface area contributed by atoms with Gasteiger partial charge in [0.1, 0.15) is 6.04 Å². The second kappa shape index (κ2) is 11.4. The lowest BCUT2D eigenvalue weighted by molar-refractivity contribution is -0.123. The third-order valence-corrected chi connectivity index (χ3v) is 6.31. The molecule has 0 aliphatic heterocycles. The summed E-state index contributed by atoms with van der Waals surface area (Å²) < 4.78 is 2.13. The fraction of sp³-hybridized carbons (Fsp3) is 0.179. The van der Waals surface area contributed by atoms with Crippen molar-refractivity contribution in [3.05, 3.63) is 106 Å². The van der Waals surface area contributed by atoms with E-state index >= 15 is 0 Å². The Morgan fingerprint density at radius 1 is 0.944 bits per heavy atom. The minimum Gasteiger partial charge on any atom is -0.342 e. The Hall–Kier alpha value is -3.61. The van der Waals surface area contributed by atoms with Crippen molar-refractivity contribution < 1.29 is 9.59 Å². The first kappa shape index (κ1) is 25.5. The summed E-state index contributed by atoms with van der Waals surface area (Å²) in [5, 5.41) is 9.23. The SMILES string of the molecule is CC(C)C(NC(=O)c1ccc(Cl)cc1)C(=O)NN=Cc1cn(Cc2ccc(Cl)cc2)c2ccccc12. The summed E-state index contributed by atoms with van der Waals surface area (Å²) in [7, 11) is 0. The van der Waals surface area contributed by atoms with E-state index in [0.717, 1.165) is 22.0 Å². The third-order valence-electron chi connectivity index (χ3n) is 5.81. The summed E-state index contributed by atoms with van der Waals surface area (Å²) >= 11 is 11.9. The Kier molecular flexibility index (Phi) is 8.08. The number of halogens is 2. The van der Waals surface area contributed by atoms with Gasteiger partial charge in [-0.1, -0.05) is 67.4 Å². The van der Waals surface area contributed by atoms with Crippen molar-refractivity contribution in [2.45, 2.75) is 26.4 Å². The van der Waals surface area contributed by atoms with Crippen molar-refractivity contribution in [3.8, 4) is 0 Å². The zero-order valence-corrected chi connectivity index (χ0v) is 21.4.